The largest absolute Gasteiger partial charge is 0.480 e. The first kappa shape index (κ1) is 12.6. The number of carboxylic acids is 1. The Morgan fingerprint density at radius 1 is 1.63 bits per heavy atom. The van der Waals surface area contributed by atoms with Crippen LogP contribution in [0.1, 0.15) is 25.5 Å². The van der Waals surface area contributed by atoms with E-state index in [1.54, 1.807) is 11.3 Å². The van der Waals surface area contributed by atoms with Gasteiger partial charge in [0.15, 0.2) is 4.96 Å². The number of rotatable bonds is 3. The number of fused-ring (bicyclic) bond motifs is 1. The van der Waals surface area contributed by atoms with Crippen LogP contribution >= 0.6 is 11.3 Å². The second-order valence-electron chi connectivity index (χ2n) is 5.20. The van der Waals surface area contributed by atoms with Crippen LogP contribution in [0.3, 0.4) is 0 Å². The molecule has 102 valence electrons. The van der Waals surface area contributed by atoms with Gasteiger partial charge in [-0.1, -0.05) is 6.92 Å². The fourth-order valence-electron chi connectivity index (χ4n) is 2.91. The molecule has 0 saturated carbocycles. The highest BCUT2D eigenvalue weighted by Crippen LogP contribution is 2.25. The molecule has 2 aromatic rings. The molecule has 1 aliphatic rings. The smallest absolute Gasteiger partial charge is 0.321 e. The third kappa shape index (κ3) is 2.37. The molecular formula is C13H17N3O2S. The summed E-state index contributed by atoms with van der Waals surface area (Å²) in [6.45, 7) is 3.49. The number of aromatic nitrogens is 2. The minimum atomic E-state index is -0.715. The molecule has 1 aliphatic heterocycles. The van der Waals surface area contributed by atoms with E-state index in [0.717, 1.165) is 30.0 Å². The van der Waals surface area contributed by atoms with Crippen LogP contribution in [0.5, 0.6) is 0 Å². The summed E-state index contributed by atoms with van der Waals surface area (Å²) in [5.74, 6) is -0.511. The van der Waals surface area contributed by atoms with E-state index in [0.29, 0.717) is 6.54 Å². The van der Waals surface area contributed by atoms with Crippen molar-refractivity contribution in [2.75, 3.05) is 6.54 Å². The molecule has 0 aromatic carbocycles. The summed E-state index contributed by atoms with van der Waals surface area (Å²) in [6, 6.07) is -0.381. The SMILES string of the molecule is CC1CCCN(Cc2cn3ccsc3n2)C1C(=O)O. The number of carbonyl (C=O) groups is 1. The number of hydrogen-bond donors (Lipinski definition) is 1. The zero-order chi connectivity index (χ0) is 13.4. The first-order valence-corrected chi connectivity index (χ1v) is 7.41. The lowest BCUT2D eigenvalue weighted by Crippen LogP contribution is -2.48. The van der Waals surface area contributed by atoms with Gasteiger partial charge in [-0.25, -0.2) is 4.98 Å². The van der Waals surface area contributed by atoms with Crippen LogP contribution in [0.15, 0.2) is 17.8 Å². The van der Waals surface area contributed by atoms with Crippen LogP contribution in [-0.2, 0) is 11.3 Å². The molecule has 0 radical (unpaired) electrons. The number of likely N-dealkylation sites (tertiary alicyclic amines) is 1. The zero-order valence-corrected chi connectivity index (χ0v) is 11.6. The van der Waals surface area contributed by atoms with Gasteiger partial charge in [0.2, 0.25) is 0 Å². The summed E-state index contributed by atoms with van der Waals surface area (Å²) < 4.78 is 1.99. The van der Waals surface area contributed by atoms with Crippen molar-refractivity contribution in [3.05, 3.63) is 23.5 Å². The highest BCUT2D eigenvalue weighted by atomic mass is 32.1. The Bertz CT molecular complexity index is 563. The summed E-state index contributed by atoms with van der Waals surface area (Å²) in [5, 5.41) is 11.4. The molecule has 2 aromatic heterocycles. The molecule has 6 heteroatoms. The molecule has 1 N–H and O–H groups in total. The predicted molar refractivity (Wildman–Crippen MR) is 73.3 cm³/mol. The Morgan fingerprint density at radius 3 is 3.21 bits per heavy atom. The number of carboxylic acid groups (broad SMARTS) is 1. The van der Waals surface area contributed by atoms with Gasteiger partial charge in [0, 0.05) is 24.3 Å². The van der Waals surface area contributed by atoms with Gasteiger partial charge in [-0.05, 0) is 25.3 Å². The van der Waals surface area contributed by atoms with E-state index in [-0.39, 0.29) is 12.0 Å². The Labute approximate surface area is 115 Å². The van der Waals surface area contributed by atoms with Crippen molar-refractivity contribution in [1.29, 1.82) is 0 Å². The van der Waals surface area contributed by atoms with Gasteiger partial charge < -0.3 is 5.11 Å². The first-order valence-electron chi connectivity index (χ1n) is 6.53. The minimum absolute atomic E-state index is 0.204. The molecule has 5 nitrogen and oxygen atoms in total. The molecule has 0 spiro atoms. The van der Waals surface area contributed by atoms with Crippen LogP contribution < -0.4 is 0 Å². The standard InChI is InChI=1S/C13H17N3O2S/c1-9-3-2-4-15(11(9)12(17)18)7-10-8-16-5-6-19-13(16)14-10/h5-6,8-9,11H,2-4,7H2,1H3,(H,17,18). The lowest BCUT2D eigenvalue weighted by Gasteiger charge is -2.36. The van der Waals surface area contributed by atoms with Crippen molar-refractivity contribution >= 4 is 22.3 Å². The Morgan fingerprint density at radius 2 is 2.47 bits per heavy atom. The van der Waals surface area contributed by atoms with Crippen molar-refractivity contribution in [2.24, 2.45) is 5.92 Å². The number of aliphatic carboxylic acids is 1. The predicted octanol–water partition coefficient (Wildman–Crippen LogP) is 2.08. The first-order chi connectivity index (χ1) is 9.15. The van der Waals surface area contributed by atoms with Gasteiger partial charge >= 0.3 is 5.97 Å². The molecule has 3 heterocycles. The highest BCUT2D eigenvalue weighted by Gasteiger charge is 2.34. The fourth-order valence-corrected chi connectivity index (χ4v) is 3.63. The van der Waals surface area contributed by atoms with E-state index in [9.17, 15) is 9.90 Å². The van der Waals surface area contributed by atoms with E-state index in [4.69, 9.17) is 0 Å². The van der Waals surface area contributed by atoms with Gasteiger partial charge in [0.05, 0.1) is 5.69 Å². The summed E-state index contributed by atoms with van der Waals surface area (Å²) >= 11 is 1.59. The van der Waals surface area contributed by atoms with Gasteiger partial charge in [-0.2, -0.15) is 0 Å². The van der Waals surface area contributed by atoms with Gasteiger partial charge in [0.25, 0.3) is 0 Å². The van der Waals surface area contributed by atoms with E-state index in [2.05, 4.69) is 4.98 Å². The van der Waals surface area contributed by atoms with E-state index >= 15 is 0 Å². The van der Waals surface area contributed by atoms with Crippen molar-refractivity contribution in [3.63, 3.8) is 0 Å². The normalized spacial score (nSPS) is 24.9. The lowest BCUT2D eigenvalue weighted by atomic mass is 9.91. The summed E-state index contributed by atoms with van der Waals surface area (Å²) in [6.07, 6.45) is 6.02. The Kier molecular flexibility index (Phi) is 3.28. The van der Waals surface area contributed by atoms with Crippen LogP contribution in [0, 0.1) is 5.92 Å². The number of hydrogen-bond acceptors (Lipinski definition) is 4. The molecular weight excluding hydrogens is 262 g/mol. The molecule has 3 rings (SSSR count). The average Bonchev–Trinajstić information content (AvgIpc) is 2.88. The van der Waals surface area contributed by atoms with Crippen LogP contribution in [0.2, 0.25) is 0 Å². The molecule has 1 fully saturated rings. The molecule has 0 amide bonds. The number of nitrogens with zero attached hydrogens (tertiary/aromatic N) is 3. The zero-order valence-electron chi connectivity index (χ0n) is 10.8. The topological polar surface area (TPSA) is 57.8 Å². The van der Waals surface area contributed by atoms with Crippen LogP contribution in [0.4, 0.5) is 0 Å². The minimum Gasteiger partial charge on any atom is -0.480 e. The van der Waals surface area contributed by atoms with Crippen LogP contribution in [0.25, 0.3) is 4.96 Å². The molecule has 2 atom stereocenters. The lowest BCUT2D eigenvalue weighted by molar-refractivity contribution is -0.147. The molecule has 0 bridgehead atoms. The maximum absolute atomic E-state index is 11.4. The van der Waals surface area contributed by atoms with Gasteiger partial charge in [-0.3, -0.25) is 14.1 Å². The van der Waals surface area contributed by atoms with Crippen molar-refractivity contribution in [3.8, 4) is 0 Å². The van der Waals surface area contributed by atoms with E-state index in [1.807, 2.05) is 34.0 Å². The quantitative estimate of drug-likeness (QED) is 0.934. The van der Waals surface area contributed by atoms with Gasteiger partial charge in [0.1, 0.15) is 6.04 Å². The molecule has 19 heavy (non-hydrogen) atoms. The number of piperidine rings is 1. The van der Waals surface area contributed by atoms with Crippen molar-refractivity contribution < 1.29 is 9.90 Å². The summed E-state index contributed by atoms with van der Waals surface area (Å²) in [5.41, 5.74) is 0.951. The van der Waals surface area contributed by atoms with Crippen molar-refractivity contribution in [1.82, 2.24) is 14.3 Å². The third-order valence-corrected chi connectivity index (χ3v) is 4.57. The average molecular weight is 279 g/mol. The maximum atomic E-state index is 11.4. The highest BCUT2D eigenvalue weighted by molar-refractivity contribution is 7.15. The number of imidazole rings is 1. The van der Waals surface area contributed by atoms with Crippen molar-refractivity contribution in [2.45, 2.75) is 32.4 Å². The Hall–Kier alpha value is -1.40. The number of thiazole rings is 1. The van der Waals surface area contributed by atoms with E-state index < -0.39 is 5.97 Å². The third-order valence-electron chi connectivity index (χ3n) is 3.80. The second kappa shape index (κ2) is 4.94. The van der Waals surface area contributed by atoms with Gasteiger partial charge in [-0.15, -0.1) is 11.3 Å². The molecule has 2 unspecified atom stereocenters. The summed E-state index contributed by atoms with van der Waals surface area (Å²) in [4.78, 5) is 19.0. The maximum Gasteiger partial charge on any atom is 0.321 e. The van der Waals surface area contributed by atoms with E-state index in [1.165, 1.54) is 0 Å². The fraction of sp³-hybridized carbons (Fsp3) is 0.538. The molecule has 1 saturated heterocycles. The Balaban J connectivity index is 1.80. The second-order valence-corrected chi connectivity index (χ2v) is 6.07. The van der Waals surface area contributed by atoms with Crippen LogP contribution in [-0.4, -0.2) is 37.9 Å². The molecule has 0 aliphatic carbocycles. The summed E-state index contributed by atoms with van der Waals surface area (Å²) in [7, 11) is 0. The monoisotopic (exact) mass is 279 g/mol.